The van der Waals surface area contributed by atoms with Crippen LogP contribution in [0.2, 0.25) is 0 Å². The summed E-state index contributed by atoms with van der Waals surface area (Å²) in [5.41, 5.74) is 3.79. The smallest absolute Gasteiger partial charge is 0.257 e. The Morgan fingerprint density at radius 3 is 2.92 bits per heavy atom. The van der Waals surface area contributed by atoms with Gasteiger partial charge >= 0.3 is 0 Å². The molecule has 4 rings (SSSR count). The molecule has 1 aromatic carbocycles. The largest absolute Gasteiger partial charge is 0.326 e. The molecule has 7 heteroatoms. The zero-order chi connectivity index (χ0) is 17.2. The quantitative estimate of drug-likeness (QED) is 0.759. The second-order valence-electron chi connectivity index (χ2n) is 5.63. The van der Waals surface area contributed by atoms with Crippen LogP contribution in [0.3, 0.4) is 0 Å². The van der Waals surface area contributed by atoms with E-state index in [9.17, 15) is 9.59 Å². The summed E-state index contributed by atoms with van der Waals surface area (Å²) in [5.74, 6) is -0.212. The first kappa shape index (κ1) is 15.5. The fourth-order valence-electron chi connectivity index (χ4n) is 2.66. The van der Waals surface area contributed by atoms with Crippen LogP contribution in [0.1, 0.15) is 22.3 Å². The van der Waals surface area contributed by atoms with Crippen molar-refractivity contribution < 1.29 is 9.59 Å². The van der Waals surface area contributed by atoms with Gasteiger partial charge in [0.1, 0.15) is 5.69 Å². The third-order valence-electron chi connectivity index (χ3n) is 3.91. The molecule has 2 N–H and O–H groups in total. The van der Waals surface area contributed by atoms with Gasteiger partial charge in [-0.25, -0.2) is 4.98 Å². The number of amides is 2. The molecule has 3 heterocycles. The molecule has 2 amide bonds. The van der Waals surface area contributed by atoms with E-state index in [4.69, 9.17) is 0 Å². The molecule has 1 aliphatic rings. The number of nitrogens with one attached hydrogen (secondary N) is 2. The first-order chi connectivity index (χ1) is 12.2. The SMILES string of the molecule is O=C1CCc2cc(C(=O)Nc3nc(-c4ccccn4)cs3)ccc2N1. The van der Waals surface area contributed by atoms with Crippen molar-refractivity contribution in [2.75, 3.05) is 10.6 Å². The molecule has 0 aliphatic carbocycles. The molecule has 0 saturated carbocycles. The number of thiazole rings is 1. The maximum Gasteiger partial charge on any atom is 0.257 e. The molecule has 0 bridgehead atoms. The Labute approximate surface area is 148 Å². The Bertz CT molecular complexity index is 953. The van der Waals surface area contributed by atoms with Crippen LogP contribution in [-0.2, 0) is 11.2 Å². The maximum absolute atomic E-state index is 12.5. The lowest BCUT2D eigenvalue weighted by Crippen LogP contribution is -2.20. The molecule has 0 unspecified atom stereocenters. The molecule has 0 saturated heterocycles. The molecule has 1 aliphatic heterocycles. The lowest BCUT2D eigenvalue weighted by atomic mass is 10.0. The van der Waals surface area contributed by atoms with Gasteiger partial charge in [0.2, 0.25) is 5.91 Å². The zero-order valence-corrected chi connectivity index (χ0v) is 14.0. The van der Waals surface area contributed by atoms with Crippen LogP contribution < -0.4 is 10.6 Å². The fraction of sp³-hybridized carbons (Fsp3) is 0.111. The van der Waals surface area contributed by atoms with Gasteiger partial charge in [0.25, 0.3) is 5.91 Å². The normalized spacial score (nSPS) is 13.0. The van der Waals surface area contributed by atoms with Crippen molar-refractivity contribution in [3.63, 3.8) is 0 Å². The summed E-state index contributed by atoms with van der Waals surface area (Å²) >= 11 is 1.36. The number of aromatic nitrogens is 2. The Hall–Kier alpha value is -3.06. The van der Waals surface area contributed by atoms with Crippen molar-refractivity contribution in [1.29, 1.82) is 0 Å². The highest BCUT2D eigenvalue weighted by Gasteiger charge is 2.17. The number of nitrogens with zero attached hydrogens (tertiary/aromatic N) is 2. The van der Waals surface area contributed by atoms with Crippen LogP contribution in [-0.4, -0.2) is 21.8 Å². The Morgan fingerprint density at radius 1 is 1.16 bits per heavy atom. The topological polar surface area (TPSA) is 84.0 Å². The molecule has 0 atom stereocenters. The molecule has 124 valence electrons. The lowest BCUT2D eigenvalue weighted by Gasteiger charge is -2.17. The Balaban J connectivity index is 1.51. The highest BCUT2D eigenvalue weighted by Crippen LogP contribution is 2.26. The molecule has 0 radical (unpaired) electrons. The summed E-state index contributed by atoms with van der Waals surface area (Å²) in [4.78, 5) is 32.5. The summed E-state index contributed by atoms with van der Waals surface area (Å²) in [7, 11) is 0. The molecule has 3 aromatic rings. The van der Waals surface area contributed by atoms with E-state index in [0.29, 0.717) is 23.5 Å². The van der Waals surface area contributed by atoms with Crippen molar-refractivity contribution in [2.45, 2.75) is 12.8 Å². The van der Waals surface area contributed by atoms with Crippen LogP contribution in [0.25, 0.3) is 11.4 Å². The third-order valence-corrected chi connectivity index (χ3v) is 4.67. The minimum Gasteiger partial charge on any atom is -0.326 e. The van der Waals surface area contributed by atoms with Gasteiger partial charge in [0.15, 0.2) is 5.13 Å². The van der Waals surface area contributed by atoms with Crippen LogP contribution >= 0.6 is 11.3 Å². The van der Waals surface area contributed by atoms with Gasteiger partial charge in [0, 0.05) is 29.2 Å². The van der Waals surface area contributed by atoms with Gasteiger partial charge in [-0.15, -0.1) is 11.3 Å². The van der Waals surface area contributed by atoms with E-state index in [-0.39, 0.29) is 11.8 Å². The summed E-state index contributed by atoms with van der Waals surface area (Å²) in [5, 5.41) is 8.01. The molecule has 0 fully saturated rings. The number of fused-ring (bicyclic) bond motifs is 1. The summed E-state index contributed by atoms with van der Waals surface area (Å²) in [6.07, 6.45) is 2.79. The summed E-state index contributed by atoms with van der Waals surface area (Å²) < 4.78 is 0. The number of benzene rings is 1. The number of carbonyl (C=O) groups is 2. The van der Waals surface area contributed by atoms with Crippen molar-refractivity contribution in [3.05, 3.63) is 59.1 Å². The summed E-state index contributed by atoms with van der Waals surface area (Å²) in [6, 6.07) is 10.9. The van der Waals surface area contributed by atoms with Crippen LogP contribution in [0.15, 0.2) is 48.0 Å². The highest BCUT2D eigenvalue weighted by molar-refractivity contribution is 7.14. The molecule has 6 nitrogen and oxygen atoms in total. The van der Waals surface area contributed by atoms with Gasteiger partial charge in [-0.05, 0) is 42.3 Å². The number of aryl methyl sites for hydroxylation is 1. The number of carbonyl (C=O) groups excluding carboxylic acids is 2. The van der Waals surface area contributed by atoms with Gasteiger partial charge in [0.05, 0.1) is 5.69 Å². The summed E-state index contributed by atoms with van der Waals surface area (Å²) in [6.45, 7) is 0. The number of anilines is 2. The second kappa shape index (κ2) is 6.45. The van der Waals surface area contributed by atoms with E-state index in [1.54, 1.807) is 18.3 Å². The van der Waals surface area contributed by atoms with Crippen molar-refractivity contribution in [2.24, 2.45) is 0 Å². The van der Waals surface area contributed by atoms with E-state index in [2.05, 4.69) is 20.6 Å². The van der Waals surface area contributed by atoms with E-state index in [0.717, 1.165) is 22.6 Å². The minimum atomic E-state index is -0.221. The molecular formula is C18H14N4O2S. The number of hydrogen-bond donors (Lipinski definition) is 2. The van der Waals surface area contributed by atoms with Crippen LogP contribution in [0.5, 0.6) is 0 Å². The minimum absolute atomic E-state index is 0.00883. The first-order valence-electron chi connectivity index (χ1n) is 7.80. The van der Waals surface area contributed by atoms with E-state index in [1.165, 1.54) is 11.3 Å². The van der Waals surface area contributed by atoms with Gasteiger partial charge in [-0.2, -0.15) is 0 Å². The second-order valence-corrected chi connectivity index (χ2v) is 6.49. The van der Waals surface area contributed by atoms with Crippen LogP contribution in [0, 0.1) is 0 Å². The standard InChI is InChI=1S/C18H14N4O2S/c23-16-7-5-11-9-12(4-6-13(11)20-16)17(24)22-18-21-15(10-25-18)14-3-1-2-8-19-14/h1-4,6,8-10H,5,7H2,(H,20,23)(H,21,22,24). The van der Waals surface area contributed by atoms with Crippen molar-refractivity contribution >= 4 is 34.0 Å². The maximum atomic E-state index is 12.5. The third kappa shape index (κ3) is 3.27. The van der Waals surface area contributed by atoms with E-state index < -0.39 is 0 Å². The lowest BCUT2D eigenvalue weighted by molar-refractivity contribution is -0.116. The molecule has 2 aromatic heterocycles. The predicted molar refractivity (Wildman–Crippen MR) is 96.7 cm³/mol. The number of hydrogen-bond acceptors (Lipinski definition) is 5. The van der Waals surface area contributed by atoms with Gasteiger partial charge in [-0.1, -0.05) is 6.07 Å². The molecule has 0 spiro atoms. The predicted octanol–water partition coefficient (Wildman–Crippen LogP) is 3.34. The Morgan fingerprint density at radius 2 is 2.08 bits per heavy atom. The highest BCUT2D eigenvalue weighted by atomic mass is 32.1. The average molecular weight is 350 g/mol. The number of pyridine rings is 1. The average Bonchev–Trinajstić information content (AvgIpc) is 3.10. The Kier molecular flexibility index (Phi) is 3.99. The fourth-order valence-corrected chi connectivity index (χ4v) is 3.36. The van der Waals surface area contributed by atoms with Gasteiger partial charge in [-0.3, -0.25) is 19.9 Å². The zero-order valence-electron chi connectivity index (χ0n) is 13.2. The van der Waals surface area contributed by atoms with Crippen LogP contribution in [0.4, 0.5) is 10.8 Å². The monoisotopic (exact) mass is 350 g/mol. The molecular weight excluding hydrogens is 336 g/mol. The van der Waals surface area contributed by atoms with Gasteiger partial charge < -0.3 is 5.32 Å². The van der Waals surface area contributed by atoms with Crippen molar-refractivity contribution in [3.8, 4) is 11.4 Å². The van der Waals surface area contributed by atoms with Crippen molar-refractivity contribution in [1.82, 2.24) is 9.97 Å². The number of rotatable bonds is 3. The first-order valence-corrected chi connectivity index (χ1v) is 8.68. The van der Waals surface area contributed by atoms with E-state index >= 15 is 0 Å². The van der Waals surface area contributed by atoms with E-state index in [1.807, 2.05) is 29.6 Å². The molecule has 25 heavy (non-hydrogen) atoms.